The van der Waals surface area contributed by atoms with Gasteiger partial charge in [-0.15, -0.1) is 11.3 Å². The van der Waals surface area contributed by atoms with Crippen molar-refractivity contribution in [3.05, 3.63) is 58.5 Å². The standard InChI is InChI=1S/C24H28N4O2S/c1-24(2,3)14-28-11-10-18-19(13-28)31-22(20(18)21(25)29)27-23(30)26-17-9-8-15-6-4-5-7-16(15)12-17/h4-9,12H,10-11,13-14H2,1-3H3,(H2,25,29)(H2,26,27,30). The van der Waals surface area contributed by atoms with E-state index in [0.717, 1.165) is 47.3 Å². The van der Waals surface area contributed by atoms with Crippen LogP contribution in [-0.4, -0.2) is 29.9 Å². The number of anilines is 2. The molecule has 31 heavy (non-hydrogen) atoms. The molecule has 0 fully saturated rings. The third kappa shape index (κ3) is 4.89. The van der Waals surface area contributed by atoms with Crippen molar-refractivity contribution in [2.45, 2.75) is 33.7 Å². The molecule has 7 heteroatoms. The number of thiophene rings is 1. The molecule has 0 radical (unpaired) electrons. The molecule has 0 spiro atoms. The van der Waals surface area contributed by atoms with Crippen LogP contribution in [0.1, 0.15) is 41.6 Å². The Hall–Kier alpha value is -2.90. The smallest absolute Gasteiger partial charge is 0.324 e. The van der Waals surface area contributed by atoms with Crippen LogP contribution in [0.4, 0.5) is 15.5 Å². The summed E-state index contributed by atoms with van der Waals surface area (Å²) >= 11 is 1.45. The van der Waals surface area contributed by atoms with E-state index in [0.29, 0.717) is 16.3 Å². The van der Waals surface area contributed by atoms with Gasteiger partial charge >= 0.3 is 6.03 Å². The Morgan fingerprint density at radius 3 is 2.55 bits per heavy atom. The summed E-state index contributed by atoms with van der Waals surface area (Å²) in [5.74, 6) is -0.497. The summed E-state index contributed by atoms with van der Waals surface area (Å²) in [6, 6.07) is 13.3. The van der Waals surface area contributed by atoms with Gasteiger partial charge in [0.2, 0.25) is 0 Å². The lowest BCUT2D eigenvalue weighted by molar-refractivity contribution is 0.0999. The molecule has 2 heterocycles. The first-order valence-corrected chi connectivity index (χ1v) is 11.2. The van der Waals surface area contributed by atoms with E-state index >= 15 is 0 Å². The summed E-state index contributed by atoms with van der Waals surface area (Å²) in [6.45, 7) is 9.28. The summed E-state index contributed by atoms with van der Waals surface area (Å²) in [6.07, 6.45) is 0.758. The molecule has 3 amide bonds. The molecule has 0 aliphatic carbocycles. The number of rotatable bonds is 4. The second kappa shape index (κ2) is 8.32. The second-order valence-electron chi connectivity index (χ2n) is 9.23. The predicted octanol–water partition coefficient (Wildman–Crippen LogP) is 5.05. The Balaban J connectivity index is 1.52. The number of nitrogens with zero attached hydrogens (tertiary/aromatic N) is 1. The van der Waals surface area contributed by atoms with Crippen molar-refractivity contribution < 1.29 is 9.59 Å². The molecule has 1 aliphatic rings. The van der Waals surface area contributed by atoms with Gasteiger partial charge in [-0.3, -0.25) is 15.0 Å². The van der Waals surface area contributed by atoms with Crippen LogP contribution in [-0.2, 0) is 13.0 Å². The number of benzene rings is 2. The number of fused-ring (bicyclic) bond motifs is 2. The van der Waals surface area contributed by atoms with Crippen molar-refractivity contribution >= 4 is 44.7 Å². The van der Waals surface area contributed by atoms with Crippen LogP contribution < -0.4 is 16.4 Å². The number of carbonyl (C=O) groups excluding carboxylic acids is 2. The summed E-state index contributed by atoms with van der Waals surface area (Å²) in [5, 5.41) is 8.39. The van der Waals surface area contributed by atoms with Crippen molar-refractivity contribution in [1.29, 1.82) is 0 Å². The SMILES string of the molecule is CC(C)(C)CN1CCc2c(sc(NC(=O)Nc3ccc4ccccc4c3)c2C(N)=O)C1. The first-order valence-electron chi connectivity index (χ1n) is 10.4. The number of urea groups is 1. The molecular formula is C24H28N4O2S. The molecule has 1 aliphatic heterocycles. The van der Waals surface area contributed by atoms with E-state index in [1.54, 1.807) is 0 Å². The molecule has 2 aromatic carbocycles. The minimum Gasteiger partial charge on any atom is -0.365 e. The quantitative estimate of drug-likeness (QED) is 0.535. The average molecular weight is 437 g/mol. The molecule has 4 rings (SSSR count). The highest BCUT2D eigenvalue weighted by Gasteiger charge is 2.29. The number of primary amides is 1. The van der Waals surface area contributed by atoms with Gasteiger partial charge in [0, 0.05) is 30.2 Å². The van der Waals surface area contributed by atoms with Gasteiger partial charge in [0.1, 0.15) is 5.00 Å². The molecule has 0 bridgehead atoms. The number of nitrogens with one attached hydrogen (secondary N) is 2. The van der Waals surface area contributed by atoms with Crippen LogP contribution in [0, 0.1) is 5.41 Å². The highest BCUT2D eigenvalue weighted by Crippen LogP contribution is 2.37. The lowest BCUT2D eigenvalue weighted by Gasteiger charge is -2.32. The van der Waals surface area contributed by atoms with E-state index in [1.165, 1.54) is 11.3 Å². The van der Waals surface area contributed by atoms with Crippen molar-refractivity contribution in [3.8, 4) is 0 Å². The van der Waals surface area contributed by atoms with Crippen LogP contribution in [0.2, 0.25) is 0 Å². The molecule has 162 valence electrons. The Bertz CT molecular complexity index is 1150. The number of carbonyl (C=O) groups is 2. The molecule has 0 unspecified atom stereocenters. The van der Waals surface area contributed by atoms with Gasteiger partial charge in [-0.1, -0.05) is 51.1 Å². The summed E-state index contributed by atoms with van der Waals surface area (Å²) in [4.78, 5) is 28.4. The Morgan fingerprint density at radius 1 is 1.10 bits per heavy atom. The van der Waals surface area contributed by atoms with Crippen molar-refractivity contribution in [2.75, 3.05) is 23.7 Å². The minimum atomic E-state index is -0.497. The number of amides is 3. The molecule has 0 saturated heterocycles. The maximum Gasteiger partial charge on any atom is 0.324 e. The molecule has 0 saturated carbocycles. The minimum absolute atomic E-state index is 0.197. The highest BCUT2D eigenvalue weighted by molar-refractivity contribution is 7.17. The molecule has 0 atom stereocenters. The molecule has 1 aromatic heterocycles. The fourth-order valence-electron chi connectivity index (χ4n) is 4.14. The van der Waals surface area contributed by atoms with Crippen LogP contribution in [0.15, 0.2) is 42.5 Å². The first-order chi connectivity index (χ1) is 14.7. The maximum atomic E-state index is 12.7. The monoisotopic (exact) mass is 436 g/mol. The van der Waals surface area contributed by atoms with Gasteiger partial charge < -0.3 is 11.1 Å². The van der Waals surface area contributed by atoms with Gasteiger partial charge in [-0.2, -0.15) is 0 Å². The van der Waals surface area contributed by atoms with Gasteiger partial charge in [-0.25, -0.2) is 4.79 Å². The van der Waals surface area contributed by atoms with E-state index < -0.39 is 5.91 Å². The number of hydrogen-bond acceptors (Lipinski definition) is 4. The third-order valence-corrected chi connectivity index (χ3v) is 6.45. The van der Waals surface area contributed by atoms with Crippen LogP contribution in [0.3, 0.4) is 0 Å². The lowest BCUT2D eigenvalue weighted by atomic mass is 9.94. The summed E-state index contributed by atoms with van der Waals surface area (Å²) in [5.41, 5.74) is 8.00. The molecular weight excluding hydrogens is 408 g/mol. The Morgan fingerprint density at radius 2 is 1.84 bits per heavy atom. The van der Waals surface area contributed by atoms with E-state index in [4.69, 9.17) is 5.73 Å². The van der Waals surface area contributed by atoms with Crippen molar-refractivity contribution in [3.63, 3.8) is 0 Å². The Labute approximate surface area is 186 Å². The van der Waals surface area contributed by atoms with Crippen molar-refractivity contribution in [2.24, 2.45) is 11.1 Å². The van der Waals surface area contributed by atoms with E-state index in [-0.39, 0.29) is 11.4 Å². The topological polar surface area (TPSA) is 87.5 Å². The van der Waals surface area contributed by atoms with Gasteiger partial charge in [0.05, 0.1) is 5.56 Å². The molecule has 6 nitrogen and oxygen atoms in total. The van der Waals surface area contributed by atoms with Crippen LogP contribution in [0.5, 0.6) is 0 Å². The summed E-state index contributed by atoms with van der Waals surface area (Å²) < 4.78 is 0. The fraction of sp³-hybridized carbons (Fsp3) is 0.333. The van der Waals surface area contributed by atoms with Gasteiger partial charge in [0.15, 0.2) is 0 Å². The fourth-order valence-corrected chi connectivity index (χ4v) is 5.43. The van der Waals surface area contributed by atoms with Crippen LogP contribution in [0.25, 0.3) is 10.8 Å². The second-order valence-corrected chi connectivity index (χ2v) is 10.3. The number of nitrogens with two attached hydrogens (primary N) is 1. The molecule has 3 aromatic rings. The van der Waals surface area contributed by atoms with E-state index in [2.05, 4.69) is 36.3 Å². The zero-order chi connectivity index (χ0) is 22.2. The first kappa shape index (κ1) is 21.3. The number of hydrogen-bond donors (Lipinski definition) is 3. The van der Waals surface area contributed by atoms with Crippen molar-refractivity contribution in [1.82, 2.24) is 4.90 Å². The Kier molecular flexibility index (Phi) is 5.73. The average Bonchev–Trinajstić information content (AvgIpc) is 3.03. The van der Waals surface area contributed by atoms with Gasteiger partial charge in [0.25, 0.3) is 5.91 Å². The summed E-state index contributed by atoms with van der Waals surface area (Å²) in [7, 11) is 0. The maximum absolute atomic E-state index is 12.7. The lowest BCUT2D eigenvalue weighted by Crippen LogP contribution is -2.36. The third-order valence-electron chi connectivity index (χ3n) is 5.31. The highest BCUT2D eigenvalue weighted by atomic mass is 32.1. The van der Waals surface area contributed by atoms with E-state index in [9.17, 15) is 9.59 Å². The predicted molar refractivity (Wildman–Crippen MR) is 128 cm³/mol. The van der Waals surface area contributed by atoms with Crippen LogP contribution >= 0.6 is 11.3 Å². The van der Waals surface area contributed by atoms with E-state index in [1.807, 2.05) is 42.5 Å². The zero-order valence-corrected chi connectivity index (χ0v) is 18.9. The van der Waals surface area contributed by atoms with Gasteiger partial charge in [-0.05, 0) is 40.3 Å². The largest absolute Gasteiger partial charge is 0.365 e. The molecule has 4 N–H and O–H groups in total. The normalized spacial score (nSPS) is 14.3. The zero-order valence-electron chi connectivity index (χ0n) is 18.1.